The lowest BCUT2D eigenvalue weighted by Crippen LogP contribution is -2.41. The number of aromatic nitrogens is 5. The molecule has 2 unspecified atom stereocenters. The Morgan fingerprint density at radius 2 is 2.03 bits per heavy atom. The molecule has 8 heteroatoms. The van der Waals surface area contributed by atoms with Crippen molar-refractivity contribution in [2.75, 3.05) is 19.7 Å². The average molecular weight is 427 g/mol. The van der Waals surface area contributed by atoms with Gasteiger partial charge in [-0.25, -0.2) is 4.39 Å². The molecule has 1 saturated heterocycles. The van der Waals surface area contributed by atoms with Gasteiger partial charge in [0.2, 0.25) is 0 Å². The molecule has 0 spiro atoms. The molecule has 4 heterocycles. The van der Waals surface area contributed by atoms with Crippen LogP contribution in [-0.4, -0.2) is 56.4 Å². The van der Waals surface area contributed by atoms with Crippen LogP contribution in [0.3, 0.4) is 0 Å². The third-order valence-corrected chi connectivity index (χ3v) is 7.10. The van der Waals surface area contributed by atoms with Gasteiger partial charge in [0.15, 0.2) is 5.65 Å². The van der Waals surface area contributed by atoms with Gasteiger partial charge in [-0.3, -0.25) is 9.08 Å². The van der Waals surface area contributed by atoms with E-state index in [1.807, 2.05) is 24.7 Å². The molecular weight excluding hydrogens is 395 g/mol. The summed E-state index contributed by atoms with van der Waals surface area (Å²) >= 11 is 0. The van der Waals surface area contributed by atoms with Crippen LogP contribution in [-0.2, 0) is 18.2 Å². The Morgan fingerprint density at radius 1 is 1.19 bits per heavy atom. The van der Waals surface area contributed by atoms with E-state index in [9.17, 15) is 4.39 Å². The second-order valence-corrected chi connectivity index (χ2v) is 9.05. The van der Waals surface area contributed by atoms with E-state index in [1.54, 1.807) is 0 Å². The Hall–Kier alpha value is -2.32. The molecule has 0 amide bonds. The fourth-order valence-corrected chi connectivity index (χ4v) is 5.03. The molecule has 7 nitrogen and oxygen atoms in total. The zero-order valence-electron chi connectivity index (χ0n) is 18.5. The standard InChI is InChI=1S/C23H31FN6O/c1-14-19(15(2)29(3)28-14)8-9-31-21-10-18(24)5-6-20(21)16-4-7-22-26-27-23(30(22)13-16)17-11-25-12-17/h4,7,13,17-18,20-21,25H,5-6,8-12H2,1-3H3/t18?,20?,21-/m0/s1. The molecule has 1 aliphatic heterocycles. The number of hydrogen-bond acceptors (Lipinski definition) is 5. The lowest BCUT2D eigenvalue weighted by molar-refractivity contribution is -0.00738. The molecule has 0 bridgehead atoms. The fraction of sp³-hybridized carbons (Fsp3) is 0.609. The van der Waals surface area contributed by atoms with Crippen molar-refractivity contribution in [3.63, 3.8) is 0 Å². The minimum atomic E-state index is -0.793. The highest BCUT2D eigenvalue weighted by Crippen LogP contribution is 2.37. The van der Waals surface area contributed by atoms with E-state index in [2.05, 4.69) is 44.2 Å². The summed E-state index contributed by atoms with van der Waals surface area (Å²) in [5, 5.41) is 16.5. The van der Waals surface area contributed by atoms with Crippen molar-refractivity contribution >= 4 is 5.65 Å². The van der Waals surface area contributed by atoms with Crippen LogP contribution in [0.25, 0.3) is 5.65 Å². The second-order valence-electron chi connectivity index (χ2n) is 9.05. The molecule has 1 saturated carbocycles. The molecule has 0 aromatic carbocycles. The highest BCUT2D eigenvalue weighted by Gasteiger charge is 2.33. The molecule has 1 N–H and O–H groups in total. The minimum Gasteiger partial charge on any atom is -0.377 e. The van der Waals surface area contributed by atoms with Gasteiger partial charge in [0, 0.05) is 50.3 Å². The quantitative estimate of drug-likeness (QED) is 0.656. The Kier molecular flexibility index (Phi) is 5.52. The Morgan fingerprint density at radius 3 is 2.74 bits per heavy atom. The number of fused-ring (bicyclic) bond motifs is 1. The molecule has 2 fully saturated rings. The summed E-state index contributed by atoms with van der Waals surface area (Å²) in [4.78, 5) is 0. The van der Waals surface area contributed by atoms with E-state index in [1.165, 1.54) is 16.8 Å². The summed E-state index contributed by atoms with van der Waals surface area (Å²) in [5.74, 6) is 1.60. The molecule has 31 heavy (non-hydrogen) atoms. The van der Waals surface area contributed by atoms with E-state index in [0.717, 1.165) is 43.1 Å². The molecular formula is C23H31FN6O. The summed E-state index contributed by atoms with van der Waals surface area (Å²) in [5.41, 5.74) is 5.50. The molecule has 1 aliphatic carbocycles. The number of pyridine rings is 1. The average Bonchev–Trinajstić information content (AvgIpc) is 3.22. The van der Waals surface area contributed by atoms with Gasteiger partial charge in [0.25, 0.3) is 0 Å². The Labute approximate surface area is 182 Å². The lowest BCUT2D eigenvalue weighted by atomic mass is 9.81. The number of halogens is 1. The normalized spacial score (nSPS) is 24.6. The zero-order valence-corrected chi connectivity index (χ0v) is 18.5. The molecule has 2 aliphatic rings. The van der Waals surface area contributed by atoms with Crippen LogP contribution in [0.5, 0.6) is 0 Å². The van der Waals surface area contributed by atoms with Crippen LogP contribution >= 0.6 is 0 Å². The summed E-state index contributed by atoms with van der Waals surface area (Å²) in [6, 6.07) is 4.14. The van der Waals surface area contributed by atoms with Crippen molar-refractivity contribution in [3.05, 3.63) is 46.7 Å². The number of hydrogen-bond donors (Lipinski definition) is 1. The van der Waals surface area contributed by atoms with Crippen LogP contribution in [0.15, 0.2) is 18.3 Å². The summed E-state index contributed by atoms with van der Waals surface area (Å²) in [6.45, 7) is 6.58. The second kappa shape index (κ2) is 8.31. The molecule has 3 atom stereocenters. The first-order valence-electron chi connectivity index (χ1n) is 11.3. The van der Waals surface area contributed by atoms with E-state index in [0.29, 0.717) is 25.4 Å². The van der Waals surface area contributed by atoms with Crippen molar-refractivity contribution in [2.45, 2.75) is 63.6 Å². The van der Waals surface area contributed by atoms with Crippen LogP contribution < -0.4 is 5.32 Å². The van der Waals surface area contributed by atoms with Crippen LogP contribution in [0.4, 0.5) is 4.39 Å². The topological polar surface area (TPSA) is 69.3 Å². The summed E-state index contributed by atoms with van der Waals surface area (Å²) in [6.07, 6.45) is 3.87. The van der Waals surface area contributed by atoms with Gasteiger partial charge in [0.1, 0.15) is 12.0 Å². The Bertz CT molecular complexity index is 1070. The fourth-order valence-electron chi connectivity index (χ4n) is 5.03. The maximum absolute atomic E-state index is 14.3. The maximum atomic E-state index is 14.3. The first-order valence-corrected chi connectivity index (χ1v) is 11.3. The number of ether oxygens (including phenoxy) is 1. The molecule has 166 valence electrons. The molecule has 0 radical (unpaired) electrons. The Balaban J connectivity index is 1.34. The largest absolute Gasteiger partial charge is 0.377 e. The van der Waals surface area contributed by atoms with Gasteiger partial charge in [0.05, 0.1) is 18.4 Å². The number of rotatable bonds is 6. The van der Waals surface area contributed by atoms with Gasteiger partial charge in [-0.2, -0.15) is 5.10 Å². The van der Waals surface area contributed by atoms with Crippen molar-refractivity contribution in [3.8, 4) is 0 Å². The van der Waals surface area contributed by atoms with Gasteiger partial charge < -0.3 is 10.1 Å². The van der Waals surface area contributed by atoms with E-state index >= 15 is 0 Å². The summed E-state index contributed by atoms with van der Waals surface area (Å²) < 4.78 is 24.7. The SMILES string of the molecule is Cc1nn(C)c(C)c1CCO[C@H]1CC(F)CCC1c1ccc2nnc(C3CNC3)n2c1. The van der Waals surface area contributed by atoms with Crippen molar-refractivity contribution in [1.82, 2.24) is 29.7 Å². The molecule has 3 aromatic rings. The van der Waals surface area contributed by atoms with E-state index < -0.39 is 6.17 Å². The third-order valence-electron chi connectivity index (χ3n) is 7.10. The summed E-state index contributed by atoms with van der Waals surface area (Å²) in [7, 11) is 1.96. The van der Waals surface area contributed by atoms with Gasteiger partial charge >= 0.3 is 0 Å². The van der Waals surface area contributed by atoms with Gasteiger partial charge in [-0.05, 0) is 50.3 Å². The smallest absolute Gasteiger partial charge is 0.160 e. The predicted octanol–water partition coefficient (Wildman–Crippen LogP) is 3.00. The van der Waals surface area contributed by atoms with E-state index in [-0.39, 0.29) is 12.0 Å². The first kappa shape index (κ1) is 20.6. The van der Waals surface area contributed by atoms with Crippen LogP contribution in [0, 0.1) is 13.8 Å². The van der Waals surface area contributed by atoms with E-state index in [4.69, 9.17) is 4.74 Å². The molecule has 3 aromatic heterocycles. The minimum absolute atomic E-state index is 0.121. The van der Waals surface area contributed by atoms with Crippen molar-refractivity contribution in [1.29, 1.82) is 0 Å². The van der Waals surface area contributed by atoms with Crippen LogP contribution in [0.2, 0.25) is 0 Å². The van der Waals surface area contributed by atoms with Gasteiger partial charge in [-0.15, -0.1) is 10.2 Å². The van der Waals surface area contributed by atoms with Crippen molar-refractivity contribution < 1.29 is 9.13 Å². The molecule has 5 rings (SSSR count). The third kappa shape index (κ3) is 3.87. The lowest BCUT2D eigenvalue weighted by Gasteiger charge is -2.34. The van der Waals surface area contributed by atoms with Crippen LogP contribution in [0.1, 0.15) is 59.4 Å². The van der Waals surface area contributed by atoms with Gasteiger partial charge in [-0.1, -0.05) is 6.07 Å². The highest BCUT2D eigenvalue weighted by molar-refractivity contribution is 5.41. The number of nitrogens with one attached hydrogen (secondary N) is 1. The number of alkyl halides is 1. The number of aryl methyl sites for hydroxylation is 2. The first-order chi connectivity index (χ1) is 15.0. The number of nitrogens with zero attached hydrogens (tertiary/aromatic N) is 5. The predicted molar refractivity (Wildman–Crippen MR) is 116 cm³/mol. The monoisotopic (exact) mass is 426 g/mol. The highest BCUT2D eigenvalue weighted by atomic mass is 19.1. The zero-order chi connectivity index (χ0) is 21.5. The van der Waals surface area contributed by atoms with Crippen molar-refractivity contribution in [2.24, 2.45) is 7.05 Å². The maximum Gasteiger partial charge on any atom is 0.160 e.